The number of anilines is 1. The van der Waals surface area contributed by atoms with Crippen molar-refractivity contribution in [2.75, 3.05) is 4.90 Å². The lowest BCUT2D eigenvalue weighted by atomic mass is 10.0. The van der Waals surface area contributed by atoms with E-state index in [-0.39, 0.29) is 23.3 Å². The van der Waals surface area contributed by atoms with Crippen molar-refractivity contribution in [2.45, 2.75) is 24.5 Å². The maximum absolute atomic E-state index is 13.9. The average molecular weight is 578 g/mol. The highest BCUT2D eigenvalue weighted by Crippen LogP contribution is 2.31. The molecule has 6 rings (SSSR count). The normalized spacial score (nSPS) is 12.6. The molecule has 9 nitrogen and oxygen atoms in total. The first-order valence-corrected chi connectivity index (χ1v) is 14.8. The zero-order valence-electron chi connectivity index (χ0n) is 22.5. The van der Waals surface area contributed by atoms with Gasteiger partial charge in [-0.2, -0.15) is 0 Å². The molecule has 210 valence electrons. The molecule has 42 heavy (non-hydrogen) atoms. The van der Waals surface area contributed by atoms with Crippen molar-refractivity contribution >= 4 is 27.5 Å². The molecule has 0 fully saturated rings. The van der Waals surface area contributed by atoms with Crippen LogP contribution in [-0.2, 0) is 29.7 Å². The molecule has 2 aromatic heterocycles. The van der Waals surface area contributed by atoms with E-state index < -0.39 is 10.0 Å². The highest BCUT2D eigenvalue weighted by Gasteiger charge is 2.27. The molecular formula is C32H27N5O4S. The van der Waals surface area contributed by atoms with Gasteiger partial charge >= 0.3 is 0 Å². The Morgan fingerprint density at radius 1 is 0.857 bits per heavy atom. The molecule has 10 heteroatoms. The zero-order valence-corrected chi connectivity index (χ0v) is 23.3. The van der Waals surface area contributed by atoms with Crippen LogP contribution in [0.3, 0.4) is 0 Å². The lowest BCUT2D eigenvalue weighted by molar-refractivity contribution is 0.0941. The monoisotopic (exact) mass is 577 g/mol. The number of nitrogens with two attached hydrogens (primary N) is 1. The van der Waals surface area contributed by atoms with Gasteiger partial charge in [0.15, 0.2) is 0 Å². The van der Waals surface area contributed by atoms with Crippen LogP contribution in [0.4, 0.5) is 5.69 Å². The van der Waals surface area contributed by atoms with Crippen LogP contribution in [0.15, 0.2) is 114 Å². The minimum atomic E-state index is -3.92. The van der Waals surface area contributed by atoms with E-state index in [0.717, 1.165) is 22.5 Å². The Morgan fingerprint density at radius 2 is 1.62 bits per heavy atom. The number of carbonyl (C=O) groups is 2. The van der Waals surface area contributed by atoms with Crippen LogP contribution in [0.5, 0.6) is 0 Å². The van der Waals surface area contributed by atoms with Gasteiger partial charge in [-0.05, 0) is 59.2 Å². The summed E-state index contributed by atoms with van der Waals surface area (Å²) < 4.78 is 26.1. The fourth-order valence-corrected chi connectivity index (χ4v) is 5.98. The third kappa shape index (κ3) is 5.32. The lowest BCUT2D eigenvalue weighted by Gasteiger charge is -2.23. The fraction of sp³-hybridized carbons (Fsp3) is 0.0938. The molecule has 0 saturated heterocycles. The zero-order chi connectivity index (χ0) is 29.3. The van der Waals surface area contributed by atoms with Crippen molar-refractivity contribution in [2.24, 2.45) is 5.14 Å². The molecule has 0 bridgehead atoms. The molecule has 1 aliphatic rings. The standard InChI is InChI=1S/C32H27N5O4S/c33-42(40,41)30-10-4-2-8-27(30)23-11-13-24(14-12-23)32(39)37-21-26-15-16-29(31(38)35-19-22-6-5-17-34-18-22)36(26)20-25-7-1-3-9-28(25)37/h1-18H,19-21H2,(H,35,38)(H2,33,40,41). The second kappa shape index (κ2) is 11.1. The second-order valence-electron chi connectivity index (χ2n) is 9.98. The number of para-hydroxylation sites is 1. The van der Waals surface area contributed by atoms with Gasteiger partial charge in [0, 0.05) is 41.4 Å². The molecule has 5 aromatic rings. The highest BCUT2D eigenvalue weighted by atomic mass is 32.2. The quantitative estimate of drug-likeness (QED) is 0.311. The first-order valence-electron chi connectivity index (χ1n) is 13.3. The number of sulfonamides is 1. The van der Waals surface area contributed by atoms with Gasteiger partial charge in [-0.3, -0.25) is 14.6 Å². The lowest BCUT2D eigenvalue weighted by Crippen LogP contribution is -2.30. The molecular weight excluding hydrogens is 550 g/mol. The first-order chi connectivity index (χ1) is 20.3. The van der Waals surface area contributed by atoms with E-state index in [4.69, 9.17) is 5.14 Å². The summed E-state index contributed by atoms with van der Waals surface area (Å²) >= 11 is 0. The van der Waals surface area contributed by atoms with Crippen molar-refractivity contribution in [1.82, 2.24) is 14.9 Å². The number of pyridine rings is 1. The molecule has 2 amide bonds. The summed E-state index contributed by atoms with van der Waals surface area (Å²) in [5.41, 5.74) is 5.43. The van der Waals surface area contributed by atoms with E-state index in [2.05, 4.69) is 10.3 Å². The summed E-state index contributed by atoms with van der Waals surface area (Å²) in [5.74, 6) is -0.427. The molecule has 0 radical (unpaired) electrons. The van der Waals surface area contributed by atoms with Gasteiger partial charge in [0.1, 0.15) is 5.69 Å². The fourth-order valence-electron chi connectivity index (χ4n) is 5.22. The van der Waals surface area contributed by atoms with Crippen LogP contribution in [0.2, 0.25) is 0 Å². The third-order valence-corrected chi connectivity index (χ3v) is 8.26. The Labute approximate surface area is 243 Å². The average Bonchev–Trinajstić information content (AvgIpc) is 3.32. The van der Waals surface area contributed by atoms with E-state index in [1.807, 2.05) is 47.0 Å². The minimum Gasteiger partial charge on any atom is -0.347 e. The van der Waals surface area contributed by atoms with Crippen molar-refractivity contribution < 1.29 is 18.0 Å². The smallest absolute Gasteiger partial charge is 0.268 e. The summed E-state index contributed by atoms with van der Waals surface area (Å²) in [7, 11) is -3.92. The van der Waals surface area contributed by atoms with Crippen LogP contribution >= 0.6 is 0 Å². The SMILES string of the molecule is NS(=O)(=O)c1ccccc1-c1ccc(C(=O)N2Cc3ccc(C(=O)NCc4cccnc4)n3Cc3ccccc32)cc1. The van der Waals surface area contributed by atoms with Gasteiger partial charge in [0.2, 0.25) is 10.0 Å². The second-order valence-corrected chi connectivity index (χ2v) is 11.5. The molecule has 3 aromatic carbocycles. The molecule has 3 heterocycles. The number of nitrogens with zero attached hydrogens (tertiary/aromatic N) is 3. The number of amides is 2. The third-order valence-electron chi connectivity index (χ3n) is 7.29. The van der Waals surface area contributed by atoms with Crippen molar-refractivity contribution in [3.63, 3.8) is 0 Å². The van der Waals surface area contributed by atoms with Crippen LogP contribution < -0.4 is 15.4 Å². The minimum absolute atomic E-state index is 0.0200. The predicted molar refractivity (Wildman–Crippen MR) is 159 cm³/mol. The highest BCUT2D eigenvalue weighted by molar-refractivity contribution is 7.89. The van der Waals surface area contributed by atoms with E-state index in [1.165, 1.54) is 6.07 Å². The maximum atomic E-state index is 13.9. The van der Waals surface area contributed by atoms with Crippen molar-refractivity contribution in [3.8, 4) is 11.1 Å². The summed E-state index contributed by atoms with van der Waals surface area (Å²) in [4.78, 5) is 32.9. The number of hydrogen-bond acceptors (Lipinski definition) is 5. The van der Waals surface area contributed by atoms with Crippen LogP contribution in [0, 0.1) is 0 Å². The number of fused-ring (bicyclic) bond motifs is 2. The Bertz CT molecular complexity index is 1900. The number of rotatable bonds is 6. The van der Waals surface area contributed by atoms with Gasteiger partial charge < -0.3 is 14.8 Å². The number of hydrogen-bond donors (Lipinski definition) is 2. The summed E-state index contributed by atoms with van der Waals surface area (Å²) in [6, 6.07) is 28.3. The Hall–Kier alpha value is -5.06. The predicted octanol–water partition coefficient (Wildman–Crippen LogP) is 4.34. The van der Waals surface area contributed by atoms with Gasteiger partial charge in [0.05, 0.1) is 18.0 Å². The summed E-state index contributed by atoms with van der Waals surface area (Å²) in [6.07, 6.45) is 3.40. The van der Waals surface area contributed by atoms with Crippen LogP contribution in [0.1, 0.15) is 37.7 Å². The number of aromatic nitrogens is 2. The topological polar surface area (TPSA) is 127 Å². The van der Waals surface area contributed by atoms with E-state index >= 15 is 0 Å². The maximum Gasteiger partial charge on any atom is 0.268 e. The largest absolute Gasteiger partial charge is 0.347 e. The number of primary sulfonamides is 1. The van der Waals surface area contributed by atoms with Crippen LogP contribution in [-0.4, -0.2) is 29.8 Å². The molecule has 1 aliphatic heterocycles. The van der Waals surface area contributed by atoms with E-state index in [0.29, 0.717) is 35.5 Å². The molecule has 3 N–H and O–H groups in total. The Morgan fingerprint density at radius 3 is 2.38 bits per heavy atom. The van der Waals surface area contributed by atoms with Gasteiger partial charge in [-0.25, -0.2) is 13.6 Å². The van der Waals surface area contributed by atoms with Crippen molar-refractivity contribution in [1.29, 1.82) is 0 Å². The number of benzene rings is 3. The number of nitrogens with one attached hydrogen (secondary N) is 1. The van der Waals surface area contributed by atoms with Crippen molar-refractivity contribution in [3.05, 3.63) is 138 Å². The summed E-state index contributed by atoms with van der Waals surface area (Å²) in [6.45, 7) is 1.05. The molecule has 0 spiro atoms. The number of carbonyl (C=O) groups excluding carboxylic acids is 2. The molecule has 0 aliphatic carbocycles. The Kier molecular flexibility index (Phi) is 7.15. The molecule has 0 atom stereocenters. The van der Waals surface area contributed by atoms with Gasteiger partial charge in [-0.15, -0.1) is 0 Å². The summed E-state index contributed by atoms with van der Waals surface area (Å²) in [5, 5.41) is 8.38. The van der Waals surface area contributed by atoms with E-state index in [9.17, 15) is 18.0 Å². The molecule has 0 saturated carbocycles. The van der Waals surface area contributed by atoms with Crippen LogP contribution in [0.25, 0.3) is 11.1 Å². The Balaban J connectivity index is 1.29. The van der Waals surface area contributed by atoms with Gasteiger partial charge in [-0.1, -0.05) is 54.6 Å². The van der Waals surface area contributed by atoms with E-state index in [1.54, 1.807) is 65.8 Å². The van der Waals surface area contributed by atoms with Gasteiger partial charge in [0.25, 0.3) is 11.8 Å². The molecule has 0 unspecified atom stereocenters. The first kappa shape index (κ1) is 27.1.